The predicted octanol–water partition coefficient (Wildman–Crippen LogP) is 5.24. The van der Waals surface area contributed by atoms with Crippen LogP contribution in [0.2, 0.25) is 10.0 Å². The van der Waals surface area contributed by atoms with Gasteiger partial charge in [-0.2, -0.15) is 0 Å². The largest absolute Gasteiger partial charge is 0.313 e. The Morgan fingerprint density at radius 1 is 1.25 bits per heavy atom. The van der Waals surface area contributed by atoms with Crippen LogP contribution in [0.15, 0.2) is 36.4 Å². The summed E-state index contributed by atoms with van der Waals surface area (Å²) in [6.07, 6.45) is 0.601. The summed E-state index contributed by atoms with van der Waals surface area (Å²) in [5.41, 5.74) is 1.83. The highest BCUT2D eigenvalue weighted by atomic mass is 127. The van der Waals surface area contributed by atoms with Crippen molar-refractivity contribution >= 4 is 45.8 Å². The van der Waals surface area contributed by atoms with E-state index in [1.807, 2.05) is 31.3 Å². The average molecular weight is 424 g/mol. The Morgan fingerprint density at radius 3 is 2.65 bits per heavy atom. The van der Waals surface area contributed by atoms with Crippen LogP contribution in [0.5, 0.6) is 0 Å². The molecule has 0 saturated carbocycles. The SMILES string of the molecule is CNC(Cc1cccc(F)c1Cl)c1ccc(I)c(Cl)c1. The van der Waals surface area contributed by atoms with E-state index in [1.165, 1.54) is 6.07 Å². The first-order chi connectivity index (χ1) is 9.52. The van der Waals surface area contributed by atoms with E-state index in [2.05, 4.69) is 27.9 Å². The Hall–Kier alpha value is -0.360. The molecular weight excluding hydrogens is 411 g/mol. The van der Waals surface area contributed by atoms with Gasteiger partial charge in [-0.3, -0.25) is 0 Å². The molecule has 0 heterocycles. The lowest BCUT2D eigenvalue weighted by Gasteiger charge is -2.18. The Bertz CT molecular complexity index is 619. The second-order valence-corrected chi connectivity index (χ2v) is 6.38. The molecule has 2 rings (SSSR count). The predicted molar refractivity (Wildman–Crippen MR) is 91.1 cm³/mol. The van der Waals surface area contributed by atoms with Crippen LogP contribution in [0.25, 0.3) is 0 Å². The lowest BCUT2D eigenvalue weighted by Crippen LogP contribution is -2.19. The Labute approximate surface area is 141 Å². The molecule has 0 aliphatic carbocycles. The molecule has 0 amide bonds. The van der Waals surface area contributed by atoms with Gasteiger partial charge in [0.2, 0.25) is 0 Å². The summed E-state index contributed by atoms with van der Waals surface area (Å²) in [4.78, 5) is 0. The molecule has 1 nitrogen and oxygen atoms in total. The molecule has 1 unspecified atom stereocenters. The van der Waals surface area contributed by atoms with Crippen molar-refractivity contribution in [1.29, 1.82) is 0 Å². The van der Waals surface area contributed by atoms with Crippen molar-refractivity contribution in [3.63, 3.8) is 0 Å². The molecule has 5 heteroatoms. The zero-order chi connectivity index (χ0) is 14.7. The third kappa shape index (κ3) is 3.64. The van der Waals surface area contributed by atoms with Crippen LogP contribution < -0.4 is 5.32 Å². The van der Waals surface area contributed by atoms with Gasteiger partial charge in [0.15, 0.2) is 0 Å². The molecule has 0 aliphatic rings. The number of hydrogen-bond donors (Lipinski definition) is 1. The van der Waals surface area contributed by atoms with E-state index >= 15 is 0 Å². The number of nitrogens with one attached hydrogen (secondary N) is 1. The monoisotopic (exact) mass is 423 g/mol. The van der Waals surface area contributed by atoms with Crippen molar-refractivity contribution in [2.45, 2.75) is 12.5 Å². The van der Waals surface area contributed by atoms with Crippen LogP contribution in [0.3, 0.4) is 0 Å². The average Bonchev–Trinajstić information content (AvgIpc) is 2.44. The second-order valence-electron chi connectivity index (χ2n) is 4.43. The summed E-state index contributed by atoms with van der Waals surface area (Å²) in [7, 11) is 1.86. The second kappa shape index (κ2) is 7.07. The van der Waals surface area contributed by atoms with E-state index in [-0.39, 0.29) is 16.9 Å². The highest BCUT2D eigenvalue weighted by molar-refractivity contribution is 14.1. The summed E-state index contributed by atoms with van der Waals surface area (Å²) in [6.45, 7) is 0. The van der Waals surface area contributed by atoms with Crippen molar-refractivity contribution in [3.05, 3.63) is 67.0 Å². The van der Waals surface area contributed by atoms with Crippen LogP contribution in [-0.4, -0.2) is 7.05 Å². The number of hydrogen-bond acceptors (Lipinski definition) is 1. The maximum Gasteiger partial charge on any atom is 0.142 e. The van der Waals surface area contributed by atoms with Crippen LogP contribution in [0.4, 0.5) is 4.39 Å². The van der Waals surface area contributed by atoms with Gasteiger partial charge in [-0.05, 0) is 65.4 Å². The van der Waals surface area contributed by atoms with E-state index in [0.717, 1.165) is 14.7 Å². The molecule has 2 aromatic carbocycles. The number of benzene rings is 2. The van der Waals surface area contributed by atoms with Crippen LogP contribution >= 0.6 is 45.8 Å². The molecule has 0 bridgehead atoms. The topological polar surface area (TPSA) is 12.0 Å². The first kappa shape index (κ1) is 16.0. The van der Waals surface area contributed by atoms with Gasteiger partial charge in [-0.25, -0.2) is 4.39 Å². The molecule has 1 N–H and O–H groups in total. The van der Waals surface area contributed by atoms with Crippen molar-refractivity contribution < 1.29 is 4.39 Å². The minimum atomic E-state index is -0.389. The highest BCUT2D eigenvalue weighted by Gasteiger charge is 2.14. The smallest absolute Gasteiger partial charge is 0.142 e. The van der Waals surface area contributed by atoms with Gasteiger partial charge in [0.05, 0.1) is 10.0 Å². The van der Waals surface area contributed by atoms with Gasteiger partial charge < -0.3 is 5.32 Å². The number of likely N-dealkylation sites (N-methyl/N-ethyl adjacent to an activating group) is 1. The summed E-state index contributed by atoms with van der Waals surface area (Å²) in [5, 5.41) is 4.12. The molecule has 20 heavy (non-hydrogen) atoms. The quantitative estimate of drug-likeness (QED) is 0.663. The van der Waals surface area contributed by atoms with Gasteiger partial charge in [0.1, 0.15) is 5.82 Å². The van der Waals surface area contributed by atoms with Gasteiger partial charge >= 0.3 is 0 Å². The molecular formula is C15H13Cl2FIN. The standard InChI is InChI=1S/C15H13Cl2FIN/c1-20-14(9-5-6-13(19)11(16)7-9)8-10-3-2-4-12(18)15(10)17/h2-7,14,20H,8H2,1H3. The summed E-state index contributed by atoms with van der Waals surface area (Å²) in [5.74, 6) is -0.389. The first-order valence-electron chi connectivity index (χ1n) is 6.08. The van der Waals surface area contributed by atoms with Crippen LogP contribution in [-0.2, 0) is 6.42 Å². The summed E-state index contributed by atoms with van der Waals surface area (Å²) in [6, 6.07) is 10.8. The Kier molecular flexibility index (Phi) is 5.66. The fourth-order valence-corrected chi connectivity index (χ4v) is 2.77. The molecule has 0 aliphatic heterocycles. The molecule has 2 aromatic rings. The van der Waals surface area contributed by atoms with Gasteiger partial charge in [0.25, 0.3) is 0 Å². The molecule has 1 atom stereocenters. The summed E-state index contributed by atoms with van der Waals surface area (Å²) < 4.78 is 14.5. The highest BCUT2D eigenvalue weighted by Crippen LogP contribution is 2.28. The van der Waals surface area contributed by atoms with E-state index in [4.69, 9.17) is 23.2 Å². The van der Waals surface area contributed by atoms with Crippen molar-refractivity contribution in [2.75, 3.05) is 7.05 Å². The fraction of sp³-hybridized carbons (Fsp3) is 0.200. The summed E-state index contributed by atoms with van der Waals surface area (Å²) >= 11 is 14.3. The number of halogens is 4. The van der Waals surface area contributed by atoms with Crippen molar-refractivity contribution in [3.8, 4) is 0 Å². The lowest BCUT2D eigenvalue weighted by molar-refractivity contribution is 0.584. The van der Waals surface area contributed by atoms with Crippen molar-refractivity contribution in [2.24, 2.45) is 0 Å². The Balaban J connectivity index is 2.28. The van der Waals surface area contributed by atoms with E-state index < -0.39 is 0 Å². The Morgan fingerprint density at radius 2 is 2.00 bits per heavy atom. The zero-order valence-corrected chi connectivity index (χ0v) is 14.4. The lowest BCUT2D eigenvalue weighted by atomic mass is 9.99. The van der Waals surface area contributed by atoms with Gasteiger partial charge in [0, 0.05) is 9.61 Å². The minimum absolute atomic E-state index is 0.0313. The zero-order valence-electron chi connectivity index (χ0n) is 10.8. The van der Waals surface area contributed by atoms with Gasteiger partial charge in [-0.15, -0.1) is 0 Å². The maximum atomic E-state index is 13.5. The fourth-order valence-electron chi connectivity index (χ4n) is 2.04. The van der Waals surface area contributed by atoms with E-state index in [0.29, 0.717) is 11.4 Å². The normalized spacial score (nSPS) is 12.4. The molecule has 0 radical (unpaired) electrons. The molecule has 0 aromatic heterocycles. The number of rotatable bonds is 4. The molecule has 0 saturated heterocycles. The molecule has 106 valence electrons. The van der Waals surface area contributed by atoms with Gasteiger partial charge in [-0.1, -0.05) is 41.4 Å². The third-order valence-electron chi connectivity index (χ3n) is 3.15. The molecule has 0 spiro atoms. The van der Waals surface area contributed by atoms with Crippen LogP contribution in [0, 0.1) is 9.39 Å². The van der Waals surface area contributed by atoms with E-state index in [1.54, 1.807) is 6.07 Å². The minimum Gasteiger partial charge on any atom is -0.313 e. The van der Waals surface area contributed by atoms with E-state index in [9.17, 15) is 4.39 Å². The van der Waals surface area contributed by atoms with Crippen molar-refractivity contribution in [1.82, 2.24) is 5.32 Å². The van der Waals surface area contributed by atoms with Crippen LogP contribution in [0.1, 0.15) is 17.2 Å². The molecule has 0 fully saturated rings. The maximum absolute atomic E-state index is 13.5. The first-order valence-corrected chi connectivity index (χ1v) is 7.91. The third-order valence-corrected chi connectivity index (χ3v) is 5.15.